The van der Waals surface area contributed by atoms with Crippen LogP contribution >= 0.6 is 0 Å². The minimum absolute atomic E-state index is 0. The molecule has 0 radical (unpaired) electrons. The highest BCUT2D eigenvalue weighted by Crippen LogP contribution is 2.50. The van der Waals surface area contributed by atoms with Crippen LogP contribution in [0.1, 0.15) is 37.5 Å². The van der Waals surface area contributed by atoms with Gasteiger partial charge >= 0.3 is 0 Å². The molecule has 41 heavy (non-hydrogen) atoms. The van der Waals surface area contributed by atoms with Gasteiger partial charge in [-0.25, -0.2) is 0 Å². The number of fused-ring (bicyclic) bond motifs is 6. The van der Waals surface area contributed by atoms with Crippen molar-refractivity contribution in [1.29, 1.82) is 0 Å². The average Bonchev–Trinajstić information content (AvgIpc) is 3.01. The second kappa shape index (κ2) is 11.2. The zero-order valence-corrected chi connectivity index (χ0v) is 23.1. The molecule has 2 unspecified atom stereocenters. The highest BCUT2D eigenvalue weighted by Gasteiger charge is 2.54. The monoisotopic (exact) mass is 541 g/mol. The largest absolute Gasteiger partial charge is 0.363 e. The number of ether oxygens (including phenoxy) is 1. The van der Waals surface area contributed by atoms with Gasteiger partial charge in [-0.2, -0.15) is 0 Å². The number of pyridine rings is 1. The minimum Gasteiger partial charge on any atom is -0.363 e. The summed E-state index contributed by atoms with van der Waals surface area (Å²) in [5.41, 5.74) is 3.74. The van der Waals surface area contributed by atoms with Gasteiger partial charge in [0.1, 0.15) is 18.7 Å². The van der Waals surface area contributed by atoms with Crippen LogP contribution in [0.25, 0.3) is 32.4 Å². The van der Waals surface area contributed by atoms with Crippen LogP contribution in [0.2, 0.25) is 0 Å². The number of para-hydroxylation sites is 1. The van der Waals surface area contributed by atoms with Gasteiger partial charge < -0.3 is 9.22 Å². The molecule has 4 heterocycles. The lowest BCUT2D eigenvalue weighted by atomic mass is 9.70. The molecule has 5 aromatic rings. The Balaban J connectivity index is 0.00000302. The van der Waals surface area contributed by atoms with Gasteiger partial charge in [0.05, 0.1) is 25.2 Å². The van der Waals surface area contributed by atoms with Crippen LogP contribution in [-0.2, 0) is 11.3 Å². The molecule has 4 aromatic carbocycles. The first-order valence-electron chi connectivity index (χ1n) is 14.6. The summed E-state index contributed by atoms with van der Waals surface area (Å²) < 4.78 is 7.81. The second-order valence-corrected chi connectivity index (χ2v) is 11.8. The zero-order chi connectivity index (χ0) is 27.1. The third-order valence-electron chi connectivity index (χ3n) is 9.76. The zero-order valence-electron chi connectivity index (χ0n) is 23.1. The Morgan fingerprint density at radius 3 is 2.29 bits per heavy atom. The summed E-state index contributed by atoms with van der Waals surface area (Å²) in [6.45, 7) is 12.1. The quantitative estimate of drug-likeness (QED) is 0.111. The highest BCUT2D eigenvalue weighted by atomic mass is 16.5. The molecule has 3 nitrogen and oxygen atoms in total. The Bertz CT molecular complexity index is 1670. The number of quaternary nitrogens is 1. The molecule has 0 amide bonds. The highest BCUT2D eigenvalue weighted by molar-refractivity contribution is 6.02. The summed E-state index contributed by atoms with van der Waals surface area (Å²) in [4.78, 5) is 4.68. The molecule has 5 atom stereocenters. The van der Waals surface area contributed by atoms with Crippen molar-refractivity contribution in [3.8, 4) is 0 Å². The summed E-state index contributed by atoms with van der Waals surface area (Å²) in [6.07, 6.45) is 8.41. The van der Waals surface area contributed by atoms with Crippen LogP contribution in [-0.4, -0.2) is 35.2 Å². The molecule has 3 aliphatic rings. The molecular weight excluding hydrogens is 500 g/mol. The molecule has 3 heteroatoms. The fraction of sp³-hybridized carbons (Fsp3) is 0.289. The number of rotatable bonds is 8. The first kappa shape index (κ1) is 27.4. The standard InChI is InChI=1S/C37H37N2O.CH4/c1-3-21-40-37(33-17-19-38-35-16-10-9-15-32(33)35)36-23-27-18-20-39(36,24-26(27)4-2)25-34-30-13-7-5-11-28(30)22-29-12-6-8-14-31(29)34;/h3-17,19,22,26-27,36-37H,1-2,18,20-21,23-25H2;1H4/q+1;/t26?,27?,36-,37+,39-;/m0./s1. The van der Waals surface area contributed by atoms with Crippen LogP contribution in [0.15, 0.2) is 116 Å². The molecule has 3 saturated heterocycles. The molecule has 1 aromatic heterocycles. The maximum absolute atomic E-state index is 6.80. The molecule has 0 aliphatic carbocycles. The summed E-state index contributed by atoms with van der Waals surface area (Å²) in [6, 6.07) is 31.2. The predicted molar refractivity (Wildman–Crippen MR) is 173 cm³/mol. The minimum atomic E-state index is -0.0410. The van der Waals surface area contributed by atoms with E-state index in [2.05, 4.69) is 109 Å². The average molecular weight is 542 g/mol. The third kappa shape index (κ3) is 4.67. The Kier molecular flexibility index (Phi) is 7.50. The van der Waals surface area contributed by atoms with E-state index in [9.17, 15) is 0 Å². The summed E-state index contributed by atoms with van der Waals surface area (Å²) in [5.74, 6) is 1.18. The molecule has 208 valence electrons. The number of hydrogen-bond acceptors (Lipinski definition) is 2. The van der Waals surface area contributed by atoms with Crippen molar-refractivity contribution >= 4 is 32.4 Å². The van der Waals surface area contributed by atoms with E-state index in [1.165, 1.54) is 44.5 Å². The van der Waals surface area contributed by atoms with Gasteiger partial charge in [0, 0.05) is 35.9 Å². The van der Waals surface area contributed by atoms with Gasteiger partial charge in [-0.15, -0.1) is 13.2 Å². The van der Waals surface area contributed by atoms with Crippen LogP contribution in [0.5, 0.6) is 0 Å². The lowest BCUT2D eigenvalue weighted by Gasteiger charge is -2.58. The van der Waals surface area contributed by atoms with E-state index < -0.39 is 0 Å². The maximum atomic E-state index is 6.80. The number of aromatic nitrogens is 1. The molecule has 3 aliphatic heterocycles. The van der Waals surface area contributed by atoms with E-state index in [-0.39, 0.29) is 13.5 Å². The van der Waals surface area contributed by atoms with Crippen molar-refractivity contribution in [3.63, 3.8) is 0 Å². The summed E-state index contributed by atoms with van der Waals surface area (Å²) in [7, 11) is 0. The van der Waals surface area contributed by atoms with Crippen LogP contribution in [0, 0.1) is 11.8 Å². The first-order chi connectivity index (χ1) is 19.7. The van der Waals surface area contributed by atoms with Gasteiger partial charge in [0.15, 0.2) is 0 Å². The topological polar surface area (TPSA) is 22.1 Å². The Morgan fingerprint density at radius 2 is 1.59 bits per heavy atom. The maximum Gasteiger partial charge on any atom is 0.135 e. The van der Waals surface area contributed by atoms with E-state index in [1.54, 1.807) is 0 Å². The van der Waals surface area contributed by atoms with Crippen LogP contribution in [0.3, 0.4) is 0 Å². The van der Waals surface area contributed by atoms with Crippen LogP contribution in [0.4, 0.5) is 0 Å². The SMILES string of the molecule is C.C=CCO[C@H](c1ccnc2ccccc12)[C@@H]1CC2CC[N@@+]1(Cc1c3ccccc3cc3ccccc13)CC2C=C. The van der Waals surface area contributed by atoms with Crippen molar-refractivity contribution in [2.24, 2.45) is 11.8 Å². The number of nitrogens with zero attached hydrogens (tertiary/aromatic N) is 2. The van der Waals surface area contributed by atoms with Crippen LogP contribution < -0.4 is 0 Å². The molecule has 2 bridgehead atoms. The van der Waals surface area contributed by atoms with Crippen molar-refractivity contribution in [2.75, 3.05) is 19.7 Å². The lowest BCUT2D eigenvalue weighted by Crippen LogP contribution is -2.67. The molecule has 3 fully saturated rings. The number of hydrogen-bond donors (Lipinski definition) is 0. The van der Waals surface area contributed by atoms with E-state index >= 15 is 0 Å². The Labute approximate surface area is 244 Å². The molecule has 8 rings (SSSR count). The lowest BCUT2D eigenvalue weighted by molar-refractivity contribution is -0.984. The molecule has 0 N–H and O–H groups in total. The first-order valence-corrected chi connectivity index (χ1v) is 14.6. The molecule has 0 spiro atoms. The Morgan fingerprint density at radius 1 is 0.902 bits per heavy atom. The normalized spacial score (nSPS) is 24.2. The van der Waals surface area contributed by atoms with Gasteiger partial charge in [0.2, 0.25) is 0 Å². The van der Waals surface area contributed by atoms with Crippen molar-refractivity contribution in [1.82, 2.24) is 4.98 Å². The van der Waals surface area contributed by atoms with Gasteiger partial charge in [-0.05, 0) is 51.2 Å². The van der Waals surface area contributed by atoms with E-state index in [1.807, 2.05) is 12.3 Å². The van der Waals surface area contributed by atoms with E-state index in [0.717, 1.165) is 36.1 Å². The number of piperidine rings is 3. The molecule has 0 saturated carbocycles. The van der Waals surface area contributed by atoms with E-state index in [0.29, 0.717) is 24.5 Å². The predicted octanol–water partition coefficient (Wildman–Crippen LogP) is 9.03. The van der Waals surface area contributed by atoms with Gasteiger partial charge in [-0.3, -0.25) is 4.98 Å². The summed E-state index contributed by atoms with van der Waals surface area (Å²) >= 11 is 0. The second-order valence-electron chi connectivity index (χ2n) is 11.8. The van der Waals surface area contributed by atoms with Crippen molar-refractivity contribution < 1.29 is 9.22 Å². The smallest absolute Gasteiger partial charge is 0.135 e. The van der Waals surface area contributed by atoms with Crippen molar-refractivity contribution in [2.45, 2.75) is 39.0 Å². The fourth-order valence-corrected chi connectivity index (χ4v) is 7.90. The fourth-order valence-electron chi connectivity index (χ4n) is 7.90. The molecular formula is C38H41N2O+. The number of benzene rings is 4. The van der Waals surface area contributed by atoms with Gasteiger partial charge in [0.25, 0.3) is 0 Å². The van der Waals surface area contributed by atoms with Gasteiger partial charge in [-0.1, -0.05) is 86.3 Å². The summed E-state index contributed by atoms with van der Waals surface area (Å²) in [5, 5.41) is 6.56. The Hall–Kier alpha value is -3.79. The van der Waals surface area contributed by atoms with Crippen molar-refractivity contribution in [3.05, 3.63) is 128 Å². The van der Waals surface area contributed by atoms with E-state index in [4.69, 9.17) is 4.74 Å². The third-order valence-corrected chi connectivity index (χ3v) is 9.76.